The molecule has 0 unspecified atom stereocenters. The minimum absolute atomic E-state index is 0.0491. The van der Waals surface area contributed by atoms with Crippen LogP contribution in [0.25, 0.3) is 0 Å². The molecular formula is C16H15Cl2NOS. The highest BCUT2D eigenvalue weighted by molar-refractivity contribution is 7.98. The molecule has 0 fully saturated rings. The molecule has 0 radical (unpaired) electrons. The Morgan fingerprint density at radius 2 is 1.67 bits per heavy atom. The Kier molecular flexibility index (Phi) is 6.43. The number of carbonyl (C=O) groups is 1. The fourth-order valence-corrected chi connectivity index (χ4v) is 3.37. The molecule has 0 aromatic heterocycles. The zero-order valence-corrected chi connectivity index (χ0v) is 13.6. The van der Waals surface area contributed by atoms with Gasteiger partial charge in [0.05, 0.1) is 0 Å². The second kappa shape index (κ2) is 8.32. The van der Waals surface area contributed by atoms with Gasteiger partial charge in [0.1, 0.15) is 0 Å². The van der Waals surface area contributed by atoms with Crippen LogP contribution in [0.1, 0.15) is 15.9 Å². The first-order valence-corrected chi connectivity index (χ1v) is 8.43. The molecular weight excluding hydrogens is 325 g/mol. The molecule has 2 aromatic carbocycles. The van der Waals surface area contributed by atoms with Crippen LogP contribution in [-0.4, -0.2) is 18.2 Å². The Morgan fingerprint density at radius 3 is 2.33 bits per heavy atom. The summed E-state index contributed by atoms with van der Waals surface area (Å²) in [7, 11) is 0. The van der Waals surface area contributed by atoms with Gasteiger partial charge in [-0.25, -0.2) is 0 Å². The average Bonchev–Trinajstić information content (AvgIpc) is 2.50. The molecule has 5 heteroatoms. The third-order valence-corrected chi connectivity index (χ3v) is 4.57. The predicted molar refractivity (Wildman–Crippen MR) is 91.4 cm³/mol. The Hall–Kier alpha value is -1.16. The first kappa shape index (κ1) is 16.2. The van der Waals surface area contributed by atoms with Gasteiger partial charge >= 0.3 is 0 Å². The Bertz CT molecular complexity index is 584. The fraction of sp³-hybridized carbons (Fsp3) is 0.188. The van der Waals surface area contributed by atoms with E-state index in [1.165, 1.54) is 0 Å². The number of thioether (sulfide) groups is 1. The van der Waals surface area contributed by atoms with Crippen LogP contribution >= 0.6 is 35.0 Å². The normalized spacial score (nSPS) is 10.4. The predicted octanol–water partition coefficient (Wildman–Crippen LogP) is 4.66. The van der Waals surface area contributed by atoms with E-state index in [0.717, 1.165) is 17.1 Å². The largest absolute Gasteiger partial charge is 0.351 e. The van der Waals surface area contributed by atoms with Crippen LogP contribution in [-0.2, 0) is 5.75 Å². The van der Waals surface area contributed by atoms with E-state index in [0.29, 0.717) is 22.2 Å². The van der Waals surface area contributed by atoms with Crippen molar-refractivity contribution in [1.29, 1.82) is 0 Å². The Labute approximate surface area is 138 Å². The highest BCUT2D eigenvalue weighted by Gasteiger charge is 2.06. The third kappa shape index (κ3) is 4.95. The lowest BCUT2D eigenvalue weighted by Crippen LogP contribution is -2.25. The van der Waals surface area contributed by atoms with Crippen LogP contribution in [0.5, 0.6) is 0 Å². The molecule has 2 aromatic rings. The van der Waals surface area contributed by atoms with Gasteiger partial charge in [-0.05, 0) is 29.8 Å². The van der Waals surface area contributed by atoms with Gasteiger partial charge in [-0.1, -0.05) is 47.5 Å². The lowest BCUT2D eigenvalue weighted by atomic mass is 10.2. The van der Waals surface area contributed by atoms with Crippen molar-refractivity contribution in [3.63, 3.8) is 0 Å². The van der Waals surface area contributed by atoms with Crippen molar-refractivity contribution in [1.82, 2.24) is 5.32 Å². The standard InChI is InChI=1S/C16H15Cl2NOS/c17-14-7-4-8-15(18)13(14)11-21-10-9-19-16(20)12-5-2-1-3-6-12/h1-8H,9-11H2,(H,19,20). The number of rotatable bonds is 6. The summed E-state index contributed by atoms with van der Waals surface area (Å²) in [5.74, 6) is 1.49. The van der Waals surface area contributed by atoms with Gasteiger partial charge in [-0.15, -0.1) is 0 Å². The zero-order chi connectivity index (χ0) is 15.1. The van der Waals surface area contributed by atoms with E-state index < -0.39 is 0 Å². The van der Waals surface area contributed by atoms with E-state index in [4.69, 9.17) is 23.2 Å². The minimum Gasteiger partial charge on any atom is -0.351 e. The van der Waals surface area contributed by atoms with Gasteiger partial charge in [0.2, 0.25) is 0 Å². The highest BCUT2D eigenvalue weighted by atomic mass is 35.5. The van der Waals surface area contributed by atoms with Crippen molar-refractivity contribution in [2.75, 3.05) is 12.3 Å². The maximum Gasteiger partial charge on any atom is 0.251 e. The molecule has 0 aliphatic carbocycles. The van der Waals surface area contributed by atoms with E-state index in [9.17, 15) is 4.79 Å². The van der Waals surface area contributed by atoms with E-state index >= 15 is 0 Å². The van der Waals surface area contributed by atoms with Gasteiger partial charge in [-0.3, -0.25) is 4.79 Å². The second-order valence-corrected chi connectivity index (χ2v) is 6.29. The molecule has 0 aliphatic rings. The van der Waals surface area contributed by atoms with Gasteiger partial charge in [-0.2, -0.15) is 11.8 Å². The van der Waals surface area contributed by atoms with Gasteiger partial charge < -0.3 is 5.32 Å². The van der Waals surface area contributed by atoms with Crippen LogP contribution < -0.4 is 5.32 Å². The minimum atomic E-state index is -0.0491. The van der Waals surface area contributed by atoms with Crippen molar-refractivity contribution in [2.45, 2.75) is 5.75 Å². The zero-order valence-electron chi connectivity index (χ0n) is 11.3. The van der Waals surface area contributed by atoms with Crippen molar-refractivity contribution in [2.24, 2.45) is 0 Å². The van der Waals surface area contributed by atoms with E-state index in [2.05, 4.69) is 5.32 Å². The number of hydrogen-bond donors (Lipinski definition) is 1. The van der Waals surface area contributed by atoms with Crippen molar-refractivity contribution in [3.05, 3.63) is 69.7 Å². The summed E-state index contributed by atoms with van der Waals surface area (Å²) < 4.78 is 0. The molecule has 0 bridgehead atoms. The molecule has 2 nitrogen and oxygen atoms in total. The van der Waals surface area contributed by atoms with Gasteiger partial charge in [0.25, 0.3) is 5.91 Å². The first-order chi connectivity index (χ1) is 10.2. The summed E-state index contributed by atoms with van der Waals surface area (Å²) in [6.45, 7) is 0.612. The van der Waals surface area contributed by atoms with E-state index in [1.54, 1.807) is 23.9 Å². The lowest BCUT2D eigenvalue weighted by Gasteiger charge is -2.07. The third-order valence-electron chi connectivity index (χ3n) is 2.88. The van der Waals surface area contributed by atoms with Gasteiger partial charge in [0.15, 0.2) is 0 Å². The van der Waals surface area contributed by atoms with E-state index in [-0.39, 0.29) is 5.91 Å². The summed E-state index contributed by atoms with van der Waals surface area (Å²) in [5, 5.41) is 4.26. The summed E-state index contributed by atoms with van der Waals surface area (Å²) in [6, 6.07) is 14.7. The summed E-state index contributed by atoms with van der Waals surface area (Å²) in [5.41, 5.74) is 1.62. The topological polar surface area (TPSA) is 29.1 Å². The monoisotopic (exact) mass is 339 g/mol. The first-order valence-electron chi connectivity index (χ1n) is 6.52. The fourth-order valence-electron chi connectivity index (χ4n) is 1.77. The number of halogens is 2. The van der Waals surface area contributed by atoms with Crippen LogP contribution in [0.3, 0.4) is 0 Å². The number of amides is 1. The van der Waals surface area contributed by atoms with E-state index in [1.807, 2.05) is 36.4 Å². The van der Waals surface area contributed by atoms with Crippen molar-refractivity contribution >= 4 is 40.9 Å². The van der Waals surface area contributed by atoms with Crippen LogP contribution in [0.4, 0.5) is 0 Å². The van der Waals surface area contributed by atoms with Gasteiger partial charge in [0, 0.05) is 33.7 Å². The molecule has 0 spiro atoms. The molecule has 0 saturated heterocycles. The summed E-state index contributed by atoms with van der Waals surface area (Å²) in [6.07, 6.45) is 0. The Morgan fingerprint density at radius 1 is 1.00 bits per heavy atom. The molecule has 0 heterocycles. The van der Waals surface area contributed by atoms with Crippen LogP contribution in [0, 0.1) is 0 Å². The Balaban J connectivity index is 1.72. The summed E-state index contributed by atoms with van der Waals surface area (Å²) in [4.78, 5) is 11.8. The molecule has 0 saturated carbocycles. The molecule has 21 heavy (non-hydrogen) atoms. The second-order valence-electron chi connectivity index (χ2n) is 4.37. The molecule has 1 N–H and O–H groups in total. The smallest absolute Gasteiger partial charge is 0.251 e. The van der Waals surface area contributed by atoms with Crippen LogP contribution in [0.2, 0.25) is 10.0 Å². The molecule has 110 valence electrons. The molecule has 0 atom stereocenters. The number of carbonyl (C=O) groups excluding carboxylic acids is 1. The maximum absolute atomic E-state index is 11.8. The maximum atomic E-state index is 11.8. The van der Waals surface area contributed by atoms with Crippen molar-refractivity contribution < 1.29 is 4.79 Å². The number of hydrogen-bond acceptors (Lipinski definition) is 2. The summed E-state index contributed by atoms with van der Waals surface area (Å²) >= 11 is 13.9. The highest BCUT2D eigenvalue weighted by Crippen LogP contribution is 2.27. The molecule has 2 rings (SSSR count). The quantitative estimate of drug-likeness (QED) is 0.775. The molecule has 0 aliphatic heterocycles. The SMILES string of the molecule is O=C(NCCSCc1c(Cl)cccc1Cl)c1ccccc1. The average molecular weight is 340 g/mol. The van der Waals surface area contributed by atoms with Crippen LogP contribution in [0.15, 0.2) is 48.5 Å². The number of nitrogens with one attached hydrogen (secondary N) is 1. The van der Waals surface area contributed by atoms with Crippen molar-refractivity contribution in [3.8, 4) is 0 Å². The lowest BCUT2D eigenvalue weighted by molar-refractivity contribution is 0.0956. The number of benzene rings is 2. The molecule has 1 amide bonds.